The maximum Gasteiger partial charge on any atom is 0.281 e. The Bertz CT molecular complexity index is 1560. The van der Waals surface area contributed by atoms with Gasteiger partial charge in [-0.05, 0) is 57.5 Å². The Morgan fingerprint density at radius 3 is 2.64 bits per heavy atom. The number of aromatic amines is 1. The van der Waals surface area contributed by atoms with Crippen molar-refractivity contribution in [1.82, 2.24) is 25.1 Å². The van der Waals surface area contributed by atoms with Crippen LogP contribution in [-0.2, 0) is 9.84 Å². The number of aromatic nitrogens is 4. The van der Waals surface area contributed by atoms with E-state index in [1.165, 1.54) is 4.52 Å². The third-order valence-corrected chi connectivity index (χ3v) is 8.11. The summed E-state index contributed by atoms with van der Waals surface area (Å²) in [5.74, 6) is 0. The lowest BCUT2D eigenvalue weighted by molar-refractivity contribution is 0.425. The summed E-state index contributed by atoms with van der Waals surface area (Å²) < 4.78 is 28.3. The highest BCUT2D eigenvalue weighted by atomic mass is 32.2. The lowest BCUT2D eigenvalue weighted by Crippen LogP contribution is -2.54. The first kappa shape index (κ1) is 21.6. The van der Waals surface area contributed by atoms with Crippen molar-refractivity contribution in [2.75, 3.05) is 18.0 Å². The van der Waals surface area contributed by atoms with E-state index in [0.717, 1.165) is 24.3 Å². The third kappa shape index (κ3) is 3.50. The van der Waals surface area contributed by atoms with Gasteiger partial charge in [0.2, 0.25) is 14.9 Å². The topological polar surface area (TPSA) is 112 Å². The van der Waals surface area contributed by atoms with Gasteiger partial charge in [0.15, 0.2) is 5.65 Å². The Hall–Kier alpha value is -3.24. The van der Waals surface area contributed by atoms with Crippen LogP contribution in [0.3, 0.4) is 0 Å². The van der Waals surface area contributed by atoms with Crippen molar-refractivity contribution in [1.29, 1.82) is 0 Å². The molecule has 1 saturated heterocycles. The molecule has 1 fully saturated rings. The van der Waals surface area contributed by atoms with E-state index < -0.39 is 15.4 Å². The van der Waals surface area contributed by atoms with E-state index in [9.17, 15) is 13.2 Å². The minimum atomic E-state index is -3.99. The van der Waals surface area contributed by atoms with Crippen LogP contribution in [0.25, 0.3) is 16.6 Å². The van der Waals surface area contributed by atoms with Crippen molar-refractivity contribution < 1.29 is 8.42 Å². The summed E-state index contributed by atoms with van der Waals surface area (Å²) in [7, 11) is -3.99. The molecular formula is C23H26N6O3S. The summed E-state index contributed by atoms with van der Waals surface area (Å²) in [6, 6.07) is 11.3. The number of anilines is 1. The van der Waals surface area contributed by atoms with Gasteiger partial charge in [0.05, 0.1) is 15.8 Å². The number of H-pyrrole nitrogens is 1. The second-order valence-corrected chi connectivity index (χ2v) is 10.7. The first-order valence-electron chi connectivity index (χ1n) is 10.9. The van der Waals surface area contributed by atoms with Gasteiger partial charge in [-0.25, -0.2) is 18.1 Å². The quantitative estimate of drug-likeness (QED) is 0.476. The Morgan fingerprint density at radius 1 is 1.09 bits per heavy atom. The highest BCUT2D eigenvalue weighted by Crippen LogP contribution is 2.28. The average Bonchev–Trinajstić information content (AvgIpc) is 3.20. The maximum absolute atomic E-state index is 13.4. The fourth-order valence-electron chi connectivity index (χ4n) is 4.54. The molecule has 10 heteroatoms. The van der Waals surface area contributed by atoms with Gasteiger partial charge >= 0.3 is 0 Å². The highest BCUT2D eigenvalue weighted by molar-refractivity contribution is 7.91. The fraction of sp³-hybridized carbons (Fsp3) is 0.348. The lowest BCUT2D eigenvalue weighted by Gasteiger charge is -2.39. The molecule has 0 amide bonds. The molecule has 3 heterocycles. The van der Waals surface area contributed by atoms with E-state index >= 15 is 0 Å². The normalized spacial score (nSPS) is 19.5. The number of piperazine rings is 1. The summed E-state index contributed by atoms with van der Waals surface area (Å²) in [5.41, 5.74) is 2.57. The first-order chi connectivity index (χ1) is 15.7. The van der Waals surface area contributed by atoms with Gasteiger partial charge in [0.1, 0.15) is 0 Å². The molecule has 9 nitrogen and oxygen atoms in total. The smallest absolute Gasteiger partial charge is 0.281 e. The molecule has 172 valence electrons. The predicted molar refractivity (Wildman–Crippen MR) is 127 cm³/mol. The molecule has 2 aromatic carbocycles. The van der Waals surface area contributed by atoms with Gasteiger partial charge in [0, 0.05) is 30.9 Å². The first-order valence-corrected chi connectivity index (χ1v) is 12.4. The molecule has 0 unspecified atom stereocenters. The van der Waals surface area contributed by atoms with E-state index in [2.05, 4.69) is 39.4 Å². The minimum Gasteiger partial charge on any atom is -0.366 e. The number of rotatable bonds is 3. The van der Waals surface area contributed by atoms with Gasteiger partial charge in [-0.2, -0.15) is 4.98 Å². The molecule has 0 bridgehead atoms. The number of nitrogens with one attached hydrogen (secondary N) is 2. The summed E-state index contributed by atoms with van der Waals surface area (Å²) >= 11 is 0. The molecule has 0 radical (unpaired) electrons. The van der Waals surface area contributed by atoms with Crippen LogP contribution in [0.1, 0.15) is 25.0 Å². The van der Waals surface area contributed by atoms with Gasteiger partial charge in [-0.3, -0.25) is 4.79 Å². The summed E-state index contributed by atoms with van der Waals surface area (Å²) in [6.45, 7) is 9.59. The van der Waals surface area contributed by atoms with Crippen molar-refractivity contribution in [2.45, 2.75) is 49.7 Å². The summed E-state index contributed by atoms with van der Waals surface area (Å²) in [4.78, 5) is 19.3. The van der Waals surface area contributed by atoms with Crippen LogP contribution in [0.2, 0.25) is 0 Å². The second-order valence-electron chi connectivity index (χ2n) is 8.88. The van der Waals surface area contributed by atoms with E-state index in [4.69, 9.17) is 0 Å². The average molecular weight is 467 g/mol. The Balaban J connectivity index is 1.70. The zero-order chi connectivity index (χ0) is 23.5. The number of benzene rings is 2. The Kier molecular flexibility index (Phi) is 5.02. The van der Waals surface area contributed by atoms with Crippen LogP contribution >= 0.6 is 0 Å². The van der Waals surface area contributed by atoms with Crippen LogP contribution in [0, 0.1) is 13.8 Å². The molecule has 2 atom stereocenters. The molecule has 1 aliphatic heterocycles. The molecule has 4 aromatic rings. The molecule has 1 aliphatic rings. The van der Waals surface area contributed by atoms with Crippen LogP contribution in [0.4, 0.5) is 5.69 Å². The number of hydrogen-bond donors (Lipinski definition) is 2. The van der Waals surface area contributed by atoms with Crippen LogP contribution < -0.4 is 15.8 Å². The van der Waals surface area contributed by atoms with Crippen molar-refractivity contribution in [3.05, 3.63) is 57.9 Å². The van der Waals surface area contributed by atoms with Gasteiger partial charge < -0.3 is 10.2 Å². The molecule has 2 N–H and O–H groups in total. The zero-order valence-corrected chi connectivity index (χ0v) is 19.8. The van der Waals surface area contributed by atoms with Crippen molar-refractivity contribution >= 4 is 32.1 Å². The monoisotopic (exact) mass is 466 g/mol. The van der Waals surface area contributed by atoms with E-state index in [-0.39, 0.29) is 21.6 Å². The van der Waals surface area contributed by atoms with Gasteiger partial charge in [-0.15, -0.1) is 5.10 Å². The Labute approximate surface area is 191 Å². The number of nitrogens with zero attached hydrogens (tertiary/aromatic N) is 4. The number of fused-ring (bicyclic) bond motifs is 3. The van der Waals surface area contributed by atoms with Crippen molar-refractivity contribution in [3.8, 4) is 0 Å². The van der Waals surface area contributed by atoms with Gasteiger partial charge in [-0.1, -0.05) is 17.7 Å². The summed E-state index contributed by atoms with van der Waals surface area (Å²) in [5, 5.41) is 10.5. The second kappa shape index (κ2) is 7.67. The lowest BCUT2D eigenvalue weighted by atomic mass is 10.1. The highest BCUT2D eigenvalue weighted by Gasteiger charge is 2.28. The van der Waals surface area contributed by atoms with E-state index in [1.54, 1.807) is 31.2 Å². The number of hydrogen-bond acceptors (Lipinski definition) is 7. The standard InChI is InChI=1S/C23H26N6O3S/c1-13-5-8-20(14(2)9-13)33(31,32)23-21-25-22(30)18-7-6-17(10-19(18)29(21)27-26-23)28-12-15(3)24-11-16(28)4/h5-10,15-16,24,27H,11-12H2,1-4H3/t15-,16+/m0/s1. The molecule has 0 aliphatic carbocycles. The Morgan fingerprint density at radius 2 is 1.88 bits per heavy atom. The molecular weight excluding hydrogens is 440 g/mol. The number of aryl methyl sites for hydroxylation is 2. The molecule has 5 rings (SSSR count). The fourth-order valence-corrected chi connectivity index (χ4v) is 6.02. The van der Waals surface area contributed by atoms with Crippen LogP contribution in [0.15, 0.2) is 51.1 Å². The van der Waals surface area contributed by atoms with Crippen LogP contribution in [-0.4, -0.2) is 53.4 Å². The van der Waals surface area contributed by atoms with Crippen molar-refractivity contribution in [3.63, 3.8) is 0 Å². The molecule has 0 saturated carbocycles. The molecule has 2 aromatic heterocycles. The predicted octanol–water partition coefficient (Wildman–Crippen LogP) is 2.21. The molecule has 33 heavy (non-hydrogen) atoms. The largest absolute Gasteiger partial charge is 0.366 e. The van der Waals surface area contributed by atoms with Crippen molar-refractivity contribution in [2.24, 2.45) is 0 Å². The third-order valence-electron chi connectivity index (χ3n) is 6.29. The number of sulfone groups is 1. The van der Waals surface area contributed by atoms with E-state index in [1.807, 2.05) is 19.1 Å². The maximum atomic E-state index is 13.4. The molecule has 0 spiro atoms. The van der Waals surface area contributed by atoms with Crippen LogP contribution in [0.5, 0.6) is 0 Å². The summed E-state index contributed by atoms with van der Waals surface area (Å²) in [6.07, 6.45) is 0. The van der Waals surface area contributed by atoms with E-state index in [0.29, 0.717) is 22.5 Å². The SMILES string of the molecule is Cc1ccc(S(=O)(=O)c2n[nH]n3c2nc(=O)c2ccc(N4C[C@H](C)NC[C@H]4C)cc23)c(C)c1. The zero-order valence-electron chi connectivity index (χ0n) is 19.0. The minimum absolute atomic E-state index is 0.00801. The van der Waals surface area contributed by atoms with Gasteiger partial charge in [0.25, 0.3) is 5.56 Å².